The van der Waals surface area contributed by atoms with Gasteiger partial charge in [-0.15, -0.1) is 0 Å². The minimum atomic E-state index is 0.253. The maximum absolute atomic E-state index is 3.61. The van der Waals surface area contributed by atoms with Crippen LogP contribution in [0.1, 0.15) is 67.7 Å². The van der Waals surface area contributed by atoms with Crippen molar-refractivity contribution in [1.82, 2.24) is 5.32 Å². The van der Waals surface area contributed by atoms with Crippen molar-refractivity contribution in [2.45, 2.75) is 73.3 Å². The molecule has 16 heavy (non-hydrogen) atoms. The monoisotopic (exact) mass is 227 g/mol. The lowest BCUT2D eigenvalue weighted by Crippen LogP contribution is -2.39. The van der Waals surface area contributed by atoms with Crippen molar-refractivity contribution in [1.29, 1.82) is 0 Å². The molecule has 1 N–H and O–H groups in total. The molecule has 0 aliphatic carbocycles. The molecule has 0 fully saturated rings. The largest absolute Gasteiger partial charge is 0.312 e. The molecule has 0 aliphatic rings. The van der Waals surface area contributed by atoms with E-state index < -0.39 is 0 Å². The van der Waals surface area contributed by atoms with E-state index in [1.165, 1.54) is 19.3 Å². The molecule has 1 nitrogen and oxygen atoms in total. The first kappa shape index (κ1) is 16.0. The van der Waals surface area contributed by atoms with Gasteiger partial charge in [-0.1, -0.05) is 40.5 Å². The molecule has 0 aromatic heterocycles. The molecule has 0 spiro atoms. The molecule has 0 amide bonds. The highest BCUT2D eigenvalue weighted by Crippen LogP contribution is 2.22. The van der Waals surface area contributed by atoms with Crippen molar-refractivity contribution < 1.29 is 0 Å². The predicted octanol–water partition coefficient (Wildman–Crippen LogP) is 4.47. The lowest BCUT2D eigenvalue weighted by atomic mass is 9.85. The molecule has 3 unspecified atom stereocenters. The fraction of sp³-hybridized carbons (Fsp3) is 1.00. The molecule has 0 radical (unpaired) electrons. The van der Waals surface area contributed by atoms with E-state index in [-0.39, 0.29) is 5.54 Å². The molecule has 0 aromatic rings. The zero-order chi connectivity index (χ0) is 12.8. The smallest absolute Gasteiger partial charge is 0.00966 e. The van der Waals surface area contributed by atoms with E-state index >= 15 is 0 Å². The van der Waals surface area contributed by atoms with Crippen molar-refractivity contribution in [2.24, 2.45) is 17.8 Å². The molecule has 0 saturated heterocycles. The van der Waals surface area contributed by atoms with Gasteiger partial charge in [0.15, 0.2) is 0 Å². The standard InChI is InChI=1S/C15H33N/c1-8-9-12(2)10-13(3)14(4)11-16-15(5,6)7/h12-14,16H,8-11H2,1-7H3. The van der Waals surface area contributed by atoms with E-state index in [9.17, 15) is 0 Å². The van der Waals surface area contributed by atoms with Crippen LogP contribution in [0, 0.1) is 17.8 Å². The summed E-state index contributed by atoms with van der Waals surface area (Å²) in [4.78, 5) is 0. The molecule has 0 saturated carbocycles. The van der Waals surface area contributed by atoms with Gasteiger partial charge in [0.05, 0.1) is 0 Å². The van der Waals surface area contributed by atoms with Gasteiger partial charge in [-0.25, -0.2) is 0 Å². The third kappa shape index (κ3) is 8.15. The molecule has 0 aromatic carbocycles. The summed E-state index contributed by atoms with van der Waals surface area (Å²) in [6.45, 7) is 17.3. The highest BCUT2D eigenvalue weighted by atomic mass is 14.9. The first-order valence-electron chi connectivity index (χ1n) is 7.01. The summed E-state index contributed by atoms with van der Waals surface area (Å²) in [5.41, 5.74) is 0.253. The predicted molar refractivity (Wildman–Crippen MR) is 74.8 cm³/mol. The summed E-state index contributed by atoms with van der Waals surface area (Å²) in [5.74, 6) is 2.49. The first-order valence-corrected chi connectivity index (χ1v) is 7.01. The van der Waals surface area contributed by atoms with Crippen molar-refractivity contribution in [3.05, 3.63) is 0 Å². The van der Waals surface area contributed by atoms with Gasteiger partial charge in [-0.3, -0.25) is 0 Å². The quantitative estimate of drug-likeness (QED) is 0.676. The fourth-order valence-electron chi connectivity index (χ4n) is 2.15. The van der Waals surface area contributed by atoms with Crippen LogP contribution < -0.4 is 5.32 Å². The van der Waals surface area contributed by atoms with Crippen LogP contribution in [0.2, 0.25) is 0 Å². The van der Waals surface area contributed by atoms with Crippen LogP contribution >= 0.6 is 0 Å². The van der Waals surface area contributed by atoms with Crippen LogP contribution in [0.3, 0.4) is 0 Å². The van der Waals surface area contributed by atoms with Gasteiger partial charge >= 0.3 is 0 Å². The number of rotatable bonds is 7. The normalized spacial score (nSPS) is 18.2. The van der Waals surface area contributed by atoms with Gasteiger partial charge in [0, 0.05) is 5.54 Å². The Morgan fingerprint density at radius 1 is 1.00 bits per heavy atom. The van der Waals surface area contributed by atoms with E-state index in [1.807, 2.05) is 0 Å². The van der Waals surface area contributed by atoms with Crippen molar-refractivity contribution in [2.75, 3.05) is 6.54 Å². The molecule has 0 heterocycles. The highest BCUT2D eigenvalue weighted by Gasteiger charge is 2.17. The minimum absolute atomic E-state index is 0.253. The van der Waals surface area contributed by atoms with Gasteiger partial charge in [0.1, 0.15) is 0 Å². The summed E-state index contributed by atoms with van der Waals surface area (Å²) < 4.78 is 0. The van der Waals surface area contributed by atoms with E-state index in [4.69, 9.17) is 0 Å². The van der Waals surface area contributed by atoms with Crippen LogP contribution in [0.15, 0.2) is 0 Å². The van der Waals surface area contributed by atoms with E-state index in [0.29, 0.717) is 0 Å². The number of nitrogens with one attached hydrogen (secondary N) is 1. The topological polar surface area (TPSA) is 12.0 Å². The maximum atomic E-state index is 3.61. The van der Waals surface area contributed by atoms with Crippen LogP contribution in [-0.4, -0.2) is 12.1 Å². The highest BCUT2D eigenvalue weighted by molar-refractivity contribution is 4.74. The van der Waals surface area contributed by atoms with Crippen LogP contribution in [0.25, 0.3) is 0 Å². The number of hydrogen-bond donors (Lipinski definition) is 1. The second kappa shape index (κ2) is 7.32. The molecular formula is C15H33N. The van der Waals surface area contributed by atoms with Crippen molar-refractivity contribution >= 4 is 0 Å². The van der Waals surface area contributed by atoms with Crippen LogP contribution in [-0.2, 0) is 0 Å². The van der Waals surface area contributed by atoms with Gasteiger partial charge in [-0.2, -0.15) is 0 Å². The van der Waals surface area contributed by atoms with Gasteiger partial charge < -0.3 is 5.32 Å². The summed E-state index contributed by atoms with van der Waals surface area (Å²) in [7, 11) is 0. The molecule has 0 aliphatic heterocycles. The van der Waals surface area contributed by atoms with E-state index in [2.05, 4.69) is 53.8 Å². The average molecular weight is 227 g/mol. The Morgan fingerprint density at radius 3 is 2.00 bits per heavy atom. The van der Waals surface area contributed by atoms with Gasteiger partial charge in [0.2, 0.25) is 0 Å². The van der Waals surface area contributed by atoms with Crippen LogP contribution in [0.4, 0.5) is 0 Å². The van der Waals surface area contributed by atoms with Gasteiger partial charge in [-0.05, 0) is 51.5 Å². The number of hydrogen-bond acceptors (Lipinski definition) is 1. The second-order valence-electron chi connectivity index (χ2n) is 6.72. The molecular weight excluding hydrogens is 194 g/mol. The summed E-state index contributed by atoms with van der Waals surface area (Å²) in [6, 6.07) is 0. The SMILES string of the molecule is CCCC(C)CC(C)C(C)CNC(C)(C)C. The summed E-state index contributed by atoms with van der Waals surface area (Å²) in [6.07, 6.45) is 4.08. The Hall–Kier alpha value is -0.0400. The zero-order valence-electron chi connectivity index (χ0n) is 12.6. The zero-order valence-corrected chi connectivity index (χ0v) is 12.6. The minimum Gasteiger partial charge on any atom is -0.312 e. The van der Waals surface area contributed by atoms with Crippen molar-refractivity contribution in [3.63, 3.8) is 0 Å². The second-order valence-corrected chi connectivity index (χ2v) is 6.72. The van der Waals surface area contributed by atoms with Crippen LogP contribution in [0.5, 0.6) is 0 Å². The third-order valence-electron chi connectivity index (χ3n) is 3.48. The molecule has 0 rings (SSSR count). The molecule has 0 bridgehead atoms. The average Bonchev–Trinajstić information content (AvgIpc) is 2.13. The molecule has 98 valence electrons. The Morgan fingerprint density at radius 2 is 1.56 bits per heavy atom. The van der Waals surface area contributed by atoms with Crippen molar-refractivity contribution in [3.8, 4) is 0 Å². The molecule has 3 atom stereocenters. The Balaban J connectivity index is 3.85. The maximum Gasteiger partial charge on any atom is 0.00966 e. The fourth-order valence-corrected chi connectivity index (χ4v) is 2.15. The Kier molecular flexibility index (Phi) is 7.30. The van der Waals surface area contributed by atoms with Gasteiger partial charge in [0.25, 0.3) is 0 Å². The summed E-state index contributed by atoms with van der Waals surface area (Å²) >= 11 is 0. The summed E-state index contributed by atoms with van der Waals surface area (Å²) in [5, 5.41) is 3.61. The Bertz CT molecular complexity index is 169. The lowest BCUT2D eigenvalue weighted by molar-refractivity contribution is 0.273. The Labute approximate surface area is 103 Å². The third-order valence-corrected chi connectivity index (χ3v) is 3.48. The van der Waals surface area contributed by atoms with E-state index in [0.717, 1.165) is 24.3 Å². The first-order chi connectivity index (χ1) is 7.26. The lowest BCUT2D eigenvalue weighted by Gasteiger charge is -2.28. The molecule has 1 heteroatoms. The van der Waals surface area contributed by atoms with E-state index in [1.54, 1.807) is 0 Å².